The number of rotatable bonds is 7. The third kappa shape index (κ3) is 5.34. The Morgan fingerprint density at radius 2 is 1.48 bits per heavy atom. The number of aliphatic hydroxyl groups is 1. The third-order valence-corrected chi connectivity index (χ3v) is 5.15. The Morgan fingerprint density at radius 1 is 0.889 bits per heavy atom. The molecule has 0 aliphatic heterocycles. The van der Waals surface area contributed by atoms with Crippen LogP contribution in [0, 0.1) is 6.92 Å². The number of hydrogen-bond donors (Lipinski definition) is 2. The largest absolute Gasteiger partial charge is 0.497 e. The van der Waals surface area contributed by atoms with Crippen molar-refractivity contribution in [2.24, 2.45) is 0 Å². The molecule has 3 nitrogen and oxygen atoms in total. The fourth-order valence-corrected chi connectivity index (χ4v) is 3.27. The summed E-state index contributed by atoms with van der Waals surface area (Å²) in [4.78, 5) is 0. The van der Waals surface area contributed by atoms with Crippen molar-refractivity contribution in [1.29, 1.82) is 0 Å². The maximum atomic E-state index is 10.8. The average Bonchev–Trinajstić information content (AvgIpc) is 2.70. The van der Waals surface area contributed by atoms with Crippen LogP contribution >= 0.6 is 15.9 Å². The standard InChI is InChI=1S/C23H24BrNO2/c1-16-3-5-17(6-4-16)22(25-20-11-9-19(24)10-12-20)15-23(26)18-7-13-21(27-2)14-8-18/h3-14,22-23,25-26H,15H2,1-2H3. The van der Waals surface area contributed by atoms with Crippen LogP contribution in [0.25, 0.3) is 0 Å². The van der Waals surface area contributed by atoms with Crippen LogP contribution in [0.2, 0.25) is 0 Å². The highest BCUT2D eigenvalue weighted by atomic mass is 79.9. The van der Waals surface area contributed by atoms with Crippen molar-refractivity contribution in [3.05, 3.63) is 94.0 Å². The molecule has 3 aromatic carbocycles. The number of anilines is 1. The van der Waals surface area contributed by atoms with Crippen LogP contribution in [0.3, 0.4) is 0 Å². The van der Waals surface area contributed by atoms with Crippen molar-refractivity contribution < 1.29 is 9.84 Å². The highest BCUT2D eigenvalue weighted by molar-refractivity contribution is 9.10. The summed E-state index contributed by atoms with van der Waals surface area (Å²) in [6.07, 6.45) is -0.0176. The number of methoxy groups -OCH3 is 1. The molecular weight excluding hydrogens is 402 g/mol. The van der Waals surface area contributed by atoms with E-state index in [0.717, 1.165) is 27.0 Å². The first-order valence-electron chi connectivity index (χ1n) is 8.96. The van der Waals surface area contributed by atoms with Crippen molar-refractivity contribution in [2.75, 3.05) is 12.4 Å². The number of hydrogen-bond acceptors (Lipinski definition) is 3. The molecule has 27 heavy (non-hydrogen) atoms. The number of ether oxygens (including phenoxy) is 1. The highest BCUT2D eigenvalue weighted by Crippen LogP contribution is 2.31. The van der Waals surface area contributed by atoms with Crippen LogP contribution in [0.15, 0.2) is 77.3 Å². The highest BCUT2D eigenvalue weighted by Gasteiger charge is 2.18. The Bertz CT molecular complexity index is 845. The minimum Gasteiger partial charge on any atom is -0.497 e. The molecule has 140 valence electrons. The number of nitrogens with one attached hydrogen (secondary N) is 1. The first-order chi connectivity index (χ1) is 13.0. The van der Waals surface area contributed by atoms with E-state index in [-0.39, 0.29) is 6.04 Å². The van der Waals surface area contributed by atoms with Gasteiger partial charge in [0.1, 0.15) is 5.75 Å². The summed E-state index contributed by atoms with van der Waals surface area (Å²) < 4.78 is 6.24. The fraction of sp³-hybridized carbons (Fsp3) is 0.217. The van der Waals surface area contributed by atoms with E-state index in [2.05, 4.69) is 52.4 Å². The first kappa shape index (κ1) is 19.5. The molecule has 0 aliphatic carbocycles. The van der Waals surface area contributed by atoms with E-state index in [1.165, 1.54) is 5.56 Å². The number of halogens is 1. The Hall–Kier alpha value is -2.30. The molecule has 0 heterocycles. The summed E-state index contributed by atoms with van der Waals surface area (Å²) >= 11 is 3.47. The van der Waals surface area contributed by atoms with Gasteiger partial charge in [0.05, 0.1) is 19.3 Å². The molecule has 0 amide bonds. The van der Waals surface area contributed by atoms with Gasteiger partial charge in [-0.25, -0.2) is 0 Å². The molecule has 2 atom stereocenters. The van der Waals surface area contributed by atoms with Crippen molar-refractivity contribution in [3.63, 3.8) is 0 Å². The Morgan fingerprint density at radius 3 is 2.07 bits per heavy atom. The number of aryl methyl sites for hydroxylation is 1. The number of aliphatic hydroxyl groups excluding tert-OH is 1. The second kappa shape index (κ2) is 9.07. The first-order valence-corrected chi connectivity index (χ1v) is 9.75. The molecule has 0 fully saturated rings. The molecule has 0 aromatic heterocycles. The molecule has 3 rings (SSSR count). The van der Waals surface area contributed by atoms with Gasteiger partial charge in [-0.15, -0.1) is 0 Å². The molecular formula is C23H24BrNO2. The lowest BCUT2D eigenvalue weighted by Gasteiger charge is -2.24. The van der Waals surface area contributed by atoms with E-state index in [1.807, 2.05) is 48.5 Å². The Kier molecular flexibility index (Phi) is 6.54. The van der Waals surface area contributed by atoms with Crippen molar-refractivity contribution in [2.45, 2.75) is 25.5 Å². The topological polar surface area (TPSA) is 41.5 Å². The lowest BCUT2D eigenvalue weighted by molar-refractivity contribution is 0.160. The maximum Gasteiger partial charge on any atom is 0.118 e. The van der Waals surface area contributed by atoms with Gasteiger partial charge in [0, 0.05) is 16.6 Å². The van der Waals surface area contributed by atoms with Crippen LogP contribution < -0.4 is 10.1 Å². The van der Waals surface area contributed by atoms with Crippen molar-refractivity contribution in [3.8, 4) is 5.75 Å². The predicted molar refractivity (Wildman–Crippen MR) is 114 cm³/mol. The quantitative estimate of drug-likeness (QED) is 0.484. The summed E-state index contributed by atoms with van der Waals surface area (Å²) in [6, 6.07) is 24.1. The van der Waals surface area contributed by atoms with Gasteiger partial charge in [0.15, 0.2) is 0 Å². The third-order valence-electron chi connectivity index (χ3n) is 4.62. The summed E-state index contributed by atoms with van der Waals surface area (Å²) in [5.41, 5.74) is 4.27. The van der Waals surface area contributed by atoms with Crippen molar-refractivity contribution in [1.82, 2.24) is 0 Å². The summed E-state index contributed by atoms with van der Waals surface area (Å²) in [6.45, 7) is 2.08. The number of benzene rings is 3. The molecule has 0 bridgehead atoms. The van der Waals surface area contributed by atoms with Crippen LogP contribution in [-0.2, 0) is 0 Å². The fourth-order valence-electron chi connectivity index (χ4n) is 3.01. The van der Waals surface area contributed by atoms with E-state index in [9.17, 15) is 5.11 Å². The second-order valence-electron chi connectivity index (χ2n) is 6.64. The van der Waals surface area contributed by atoms with Gasteiger partial charge in [-0.3, -0.25) is 0 Å². The summed E-state index contributed by atoms with van der Waals surface area (Å²) in [5, 5.41) is 14.4. The van der Waals surface area contributed by atoms with Gasteiger partial charge in [0.25, 0.3) is 0 Å². The minimum atomic E-state index is -0.579. The van der Waals surface area contributed by atoms with Gasteiger partial charge >= 0.3 is 0 Å². The summed E-state index contributed by atoms with van der Waals surface area (Å²) in [5.74, 6) is 0.786. The molecule has 0 saturated heterocycles. The zero-order valence-corrected chi connectivity index (χ0v) is 17.1. The van der Waals surface area contributed by atoms with Gasteiger partial charge in [-0.1, -0.05) is 57.9 Å². The van der Waals surface area contributed by atoms with E-state index in [0.29, 0.717) is 6.42 Å². The molecule has 0 spiro atoms. The zero-order chi connectivity index (χ0) is 19.2. The van der Waals surface area contributed by atoms with E-state index < -0.39 is 6.10 Å². The smallest absolute Gasteiger partial charge is 0.118 e. The molecule has 0 saturated carbocycles. The zero-order valence-electron chi connectivity index (χ0n) is 15.5. The lowest BCUT2D eigenvalue weighted by Crippen LogP contribution is -2.15. The SMILES string of the molecule is COc1ccc(C(O)CC(Nc2ccc(Br)cc2)c2ccc(C)cc2)cc1. The van der Waals surface area contributed by atoms with E-state index in [4.69, 9.17) is 4.74 Å². The normalized spacial score (nSPS) is 13.0. The molecule has 4 heteroatoms. The molecule has 0 aliphatic rings. The van der Waals surface area contributed by atoms with Gasteiger partial charge in [-0.05, 0) is 54.4 Å². The van der Waals surface area contributed by atoms with Crippen molar-refractivity contribution >= 4 is 21.6 Å². The predicted octanol–water partition coefficient (Wildman–Crippen LogP) is 6.04. The Balaban J connectivity index is 1.81. The summed E-state index contributed by atoms with van der Waals surface area (Å²) in [7, 11) is 1.64. The van der Waals surface area contributed by atoms with Crippen LogP contribution in [0.5, 0.6) is 5.75 Å². The second-order valence-corrected chi connectivity index (χ2v) is 7.55. The minimum absolute atomic E-state index is 0.0103. The van der Waals surface area contributed by atoms with Gasteiger partial charge in [0.2, 0.25) is 0 Å². The van der Waals surface area contributed by atoms with E-state index >= 15 is 0 Å². The van der Waals surface area contributed by atoms with Gasteiger partial charge < -0.3 is 15.2 Å². The van der Waals surface area contributed by atoms with Gasteiger partial charge in [-0.2, -0.15) is 0 Å². The van der Waals surface area contributed by atoms with Crippen LogP contribution in [0.1, 0.15) is 35.3 Å². The molecule has 0 radical (unpaired) electrons. The van der Waals surface area contributed by atoms with Crippen LogP contribution in [-0.4, -0.2) is 12.2 Å². The molecule has 2 N–H and O–H groups in total. The van der Waals surface area contributed by atoms with Crippen LogP contribution in [0.4, 0.5) is 5.69 Å². The molecule has 2 unspecified atom stereocenters. The average molecular weight is 426 g/mol. The lowest BCUT2D eigenvalue weighted by atomic mass is 9.95. The Labute approximate surface area is 169 Å². The monoisotopic (exact) mass is 425 g/mol. The maximum absolute atomic E-state index is 10.8. The molecule has 3 aromatic rings. The van der Waals surface area contributed by atoms with E-state index in [1.54, 1.807) is 7.11 Å².